The number of esters is 1. The van der Waals surface area contributed by atoms with Gasteiger partial charge in [-0.1, -0.05) is 53.4 Å². The predicted octanol–water partition coefficient (Wildman–Crippen LogP) is 4.43. The molecule has 0 saturated carbocycles. The SMILES string of the molecule is CCOC(=O)c1ccc(N2C(=O)[C@H]3[C@H](c4cccc(OCC(=O)Nc5ccccc5)c4)c4sc(=O)[nH]c4S[C@H]3C2=O)cc1. The molecular formula is C31H25N3O7S2. The molecule has 1 fully saturated rings. The van der Waals surface area contributed by atoms with Crippen LogP contribution in [0.1, 0.15) is 33.6 Å². The van der Waals surface area contributed by atoms with Crippen molar-refractivity contribution in [3.8, 4) is 5.75 Å². The van der Waals surface area contributed by atoms with Gasteiger partial charge in [0, 0.05) is 16.5 Å². The molecule has 3 heterocycles. The second-order valence-corrected chi connectivity index (χ2v) is 12.0. The number of fused-ring (bicyclic) bond motifs is 2. The summed E-state index contributed by atoms with van der Waals surface area (Å²) < 4.78 is 10.8. The molecule has 3 amide bonds. The second kappa shape index (κ2) is 11.9. The second-order valence-electron chi connectivity index (χ2n) is 9.80. The van der Waals surface area contributed by atoms with Gasteiger partial charge in [-0.05, 0) is 61.0 Å². The number of H-pyrrole nitrogens is 1. The first kappa shape index (κ1) is 28.4. The van der Waals surface area contributed by atoms with Crippen molar-refractivity contribution in [2.75, 3.05) is 23.4 Å². The van der Waals surface area contributed by atoms with Crippen LogP contribution in [-0.2, 0) is 19.1 Å². The maximum absolute atomic E-state index is 14.0. The standard InChI is InChI=1S/C31H25N3O7S2/c1-2-40-30(38)17-11-13-20(14-12-17)34-28(36)24-23(25-27(33-31(39)43-25)42-26(24)29(34)37)18-7-6-10-21(15-18)41-16-22(35)32-19-8-4-3-5-9-19/h3-15,23-24,26H,2,16H2,1H3,(H,32,35)(H,33,39)/t23-,24-,26+/m0/s1. The molecule has 1 saturated heterocycles. The molecule has 2 aliphatic heterocycles. The Kier molecular flexibility index (Phi) is 7.87. The Morgan fingerprint density at radius 2 is 1.72 bits per heavy atom. The molecule has 0 unspecified atom stereocenters. The molecule has 4 aromatic rings. The van der Waals surface area contributed by atoms with Crippen LogP contribution >= 0.6 is 23.1 Å². The van der Waals surface area contributed by atoms with Crippen molar-refractivity contribution in [2.45, 2.75) is 23.1 Å². The van der Waals surface area contributed by atoms with Gasteiger partial charge in [0.25, 0.3) is 5.91 Å². The zero-order valence-corrected chi connectivity index (χ0v) is 24.4. The van der Waals surface area contributed by atoms with Gasteiger partial charge in [0.15, 0.2) is 6.61 Å². The molecule has 10 nitrogen and oxygen atoms in total. The number of thioether (sulfide) groups is 1. The number of ether oxygens (including phenoxy) is 2. The highest BCUT2D eigenvalue weighted by molar-refractivity contribution is 8.00. The van der Waals surface area contributed by atoms with E-state index in [-0.39, 0.29) is 24.0 Å². The van der Waals surface area contributed by atoms with Crippen LogP contribution in [0, 0.1) is 5.92 Å². The molecule has 218 valence electrons. The number of hydrogen-bond donors (Lipinski definition) is 2. The Hall–Kier alpha value is -4.68. The summed E-state index contributed by atoms with van der Waals surface area (Å²) in [6.07, 6.45) is 0. The molecule has 0 spiro atoms. The quantitative estimate of drug-likeness (QED) is 0.220. The van der Waals surface area contributed by atoms with Crippen molar-refractivity contribution in [1.29, 1.82) is 0 Å². The van der Waals surface area contributed by atoms with Gasteiger partial charge < -0.3 is 19.8 Å². The summed E-state index contributed by atoms with van der Waals surface area (Å²) in [6, 6.07) is 22.1. The van der Waals surface area contributed by atoms with Crippen LogP contribution in [0.25, 0.3) is 0 Å². The first-order chi connectivity index (χ1) is 20.8. The van der Waals surface area contributed by atoms with Crippen LogP contribution in [0.4, 0.5) is 11.4 Å². The van der Waals surface area contributed by atoms with Gasteiger partial charge >= 0.3 is 10.8 Å². The molecule has 2 aliphatic rings. The number of hydrogen-bond acceptors (Lipinski definition) is 9. The fraction of sp³-hybridized carbons (Fsp3) is 0.194. The topological polar surface area (TPSA) is 135 Å². The first-order valence-electron chi connectivity index (χ1n) is 13.5. The lowest BCUT2D eigenvalue weighted by molar-refractivity contribution is -0.122. The lowest BCUT2D eigenvalue weighted by atomic mass is 9.83. The predicted molar refractivity (Wildman–Crippen MR) is 162 cm³/mol. The van der Waals surface area contributed by atoms with Crippen LogP contribution in [-0.4, -0.2) is 47.1 Å². The van der Waals surface area contributed by atoms with Crippen LogP contribution in [0.2, 0.25) is 0 Å². The normalized spacial score (nSPS) is 19.0. The van der Waals surface area contributed by atoms with E-state index in [1.54, 1.807) is 49.4 Å². The molecule has 3 aromatic carbocycles. The van der Waals surface area contributed by atoms with Gasteiger partial charge in [-0.2, -0.15) is 0 Å². The summed E-state index contributed by atoms with van der Waals surface area (Å²) in [5.41, 5.74) is 1.97. The van der Waals surface area contributed by atoms with Crippen LogP contribution in [0.5, 0.6) is 5.75 Å². The smallest absolute Gasteiger partial charge is 0.338 e. The van der Waals surface area contributed by atoms with E-state index in [9.17, 15) is 24.0 Å². The highest BCUT2D eigenvalue weighted by Crippen LogP contribution is 2.53. The minimum absolute atomic E-state index is 0.227. The van der Waals surface area contributed by atoms with Gasteiger partial charge in [-0.15, -0.1) is 0 Å². The number of amides is 3. The number of carbonyl (C=O) groups excluding carboxylic acids is 4. The fourth-order valence-electron chi connectivity index (χ4n) is 5.26. The van der Waals surface area contributed by atoms with E-state index >= 15 is 0 Å². The lowest BCUT2D eigenvalue weighted by Gasteiger charge is -2.30. The average molecular weight is 616 g/mol. The van der Waals surface area contributed by atoms with E-state index < -0.39 is 34.9 Å². The van der Waals surface area contributed by atoms with E-state index in [4.69, 9.17) is 9.47 Å². The van der Waals surface area contributed by atoms with Gasteiger partial charge in [-0.25, -0.2) is 9.69 Å². The lowest BCUT2D eigenvalue weighted by Crippen LogP contribution is -2.32. The molecule has 0 bridgehead atoms. The van der Waals surface area contributed by atoms with Crippen LogP contribution in [0.15, 0.2) is 88.7 Å². The highest BCUT2D eigenvalue weighted by Gasteiger charge is 2.56. The summed E-state index contributed by atoms with van der Waals surface area (Å²) in [7, 11) is 0. The zero-order chi connectivity index (χ0) is 30.1. The first-order valence-corrected chi connectivity index (χ1v) is 15.2. The monoisotopic (exact) mass is 615 g/mol. The van der Waals surface area contributed by atoms with Crippen molar-refractivity contribution in [1.82, 2.24) is 4.98 Å². The Labute approximate surface area is 254 Å². The molecule has 3 atom stereocenters. The number of imide groups is 1. The summed E-state index contributed by atoms with van der Waals surface area (Å²) in [4.78, 5) is 68.9. The number of rotatable bonds is 8. The van der Waals surface area contributed by atoms with E-state index in [0.29, 0.717) is 38.2 Å². The van der Waals surface area contributed by atoms with E-state index in [2.05, 4.69) is 10.3 Å². The molecule has 0 aliphatic carbocycles. The molecule has 12 heteroatoms. The molecule has 43 heavy (non-hydrogen) atoms. The van der Waals surface area contributed by atoms with E-state index in [0.717, 1.165) is 16.2 Å². The van der Waals surface area contributed by atoms with Crippen molar-refractivity contribution in [3.05, 3.63) is 105 Å². The number of nitrogens with one attached hydrogen (secondary N) is 2. The van der Waals surface area contributed by atoms with Crippen LogP contribution < -0.4 is 19.8 Å². The zero-order valence-electron chi connectivity index (χ0n) is 22.8. The fourth-order valence-corrected chi connectivity index (χ4v) is 7.77. The Morgan fingerprint density at radius 3 is 2.47 bits per heavy atom. The number of anilines is 2. The van der Waals surface area contributed by atoms with Gasteiger partial charge in [-0.3, -0.25) is 19.2 Å². The van der Waals surface area contributed by atoms with Crippen molar-refractivity contribution in [2.24, 2.45) is 5.92 Å². The largest absolute Gasteiger partial charge is 0.484 e. The van der Waals surface area contributed by atoms with Gasteiger partial charge in [0.2, 0.25) is 11.8 Å². The van der Waals surface area contributed by atoms with E-state index in [1.807, 2.05) is 24.3 Å². The summed E-state index contributed by atoms with van der Waals surface area (Å²) in [5.74, 6) is -2.63. The third-order valence-corrected chi connectivity index (χ3v) is 9.51. The van der Waals surface area contributed by atoms with Gasteiger partial charge in [0.05, 0.1) is 28.8 Å². The number of aromatic amines is 1. The maximum Gasteiger partial charge on any atom is 0.338 e. The molecule has 0 radical (unpaired) electrons. The molecule has 2 N–H and O–H groups in total. The minimum Gasteiger partial charge on any atom is -0.484 e. The number of nitrogens with zero attached hydrogens (tertiary/aromatic N) is 1. The third-order valence-electron chi connectivity index (χ3n) is 7.11. The van der Waals surface area contributed by atoms with Gasteiger partial charge in [0.1, 0.15) is 11.0 Å². The molecule has 1 aromatic heterocycles. The average Bonchev–Trinajstić information content (AvgIpc) is 3.50. The summed E-state index contributed by atoms with van der Waals surface area (Å²) in [6.45, 7) is 1.70. The maximum atomic E-state index is 14.0. The Morgan fingerprint density at radius 1 is 0.953 bits per heavy atom. The summed E-state index contributed by atoms with van der Waals surface area (Å²) >= 11 is 2.18. The number of thiazole rings is 1. The van der Waals surface area contributed by atoms with Crippen molar-refractivity contribution < 1.29 is 28.7 Å². The molecular weight excluding hydrogens is 590 g/mol. The van der Waals surface area contributed by atoms with Crippen molar-refractivity contribution in [3.63, 3.8) is 0 Å². The molecule has 6 rings (SSSR count). The number of carbonyl (C=O) groups is 4. The number of benzene rings is 3. The Balaban J connectivity index is 1.28. The van der Waals surface area contributed by atoms with E-state index in [1.165, 1.54) is 23.9 Å². The Bertz CT molecular complexity index is 1770. The number of aromatic nitrogens is 1. The highest BCUT2D eigenvalue weighted by atomic mass is 32.2. The number of para-hydroxylation sites is 1. The summed E-state index contributed by atoms with van der Waals surface area (Å²) in [5, 5.41) is 2.54. The third kappa shape index (κ3) is 5.58. The minimum atomic E-state index is -0.794. The van der Waals surface area contributed by atoms with Crippen molar-refractivity contribution >= 4 is 58.2 Å². The van der Waals surface area contributed by atoms with Crippen LogP contribution in [0.3, 0.4) is 0 Å².